The van der Waals surface area contributed by atoms with E-state index in [9.17, 15) is 4.79 Å². The Morgan fingerprint density at radius 1 is 1.55 bits per heavy atom. The number of ether oxygens (including phenoxy) is 2. The van der Waals surface area contributed by atoms with Gasteiger partial charge in [-0.05, 0) is 49.9 Å². The minimum absolute atomic E-state index is 0.0255. The number of carbonyl (C=O) groups excluding carboxylic acids is 1. The predicted octanol–water partition coefficient (Wildman–Crippen LogP) is 2.58. The van der Waals surface area contributed by atoms with Gasteiger partial charge in [0.15, 0.2) is 0 Å². The average molecular weight is 298 g/mol. The van der Waals surface area contributed by atoms with Crippen molar-refractivity contribution in [3.05, 3.63) is 28.8 Å². The zero-order valence-electron chi connectivity index (χ0n) is 11.7. The molecule has 20 heavy (non-hydrogen) atoms. The summed E-state index contributed by atoms with van der Waals surface area (Å²) in [6, 6.07) is 5.55. The van der Waals surface area contributed by atoms with Crippen LogP contribution < -0.4 is 10.1 Å². The van der Waals surface area contributed by atoms with Crippen molar-refractivity contribution >= 4 is 17.5 Å². The summed E-state index contributed by atoms with van der Waals surface area (Å²) in [4.78, 5) is 11.8. The third-order valence-electron chi connectivity index (χ3n) is 3.24. The summed E-state index contributed by atoms with van der Waals surface area (Å²) in [5, 5.41) is 3.57. The van der Waals surface area contributed by atoms with Crippen molar-refractivity contribution in [3.8, 4) is 5.75 Å². The second-order valence-electron chi connectivity index (χ2n) is 4.73. The minimum atomic E-state index is -0.277. The number of amides is 1. The summed E-state index contributed by atoms with van der Waals surface area (Å²) in [7, 11) is 0. The molecule has 0 spiro atoms. The SMILES string of the molecule is CCOc1ccc(Cl)cc1CCNC(=O)C1CCCO1. The van der Waals surface area contributed by atoms with Gasteiger partial charge < -0.3 is 14.8 Å². The average Bonchev–Trinajstić information content (AvgIpc) is 2.96. The van der Waals surface area contributed by atoms with Gasteiger partial charge in [-0.3, -0.25) is 4.79 Å². The maximum Gasteiger partial charge on any atom is 0.249 e. The lowest BCUT2D eigenvalue weighted by Gasteiger charge is -2.13. The summed E-state index contributed by atoms with van der Waals surface area (Å²) in [6.45, 7) is 3.79. The molecule has 110 valence electrons. The van der Waals surface area contributed by atoms with Gasteiger partial charge >= 0.3 is 0 Å². The van der Waals surface area contributed by atoms with Crippen LogP contribution in [0.15, 0.2) is 18.2 Å². The number of benzene rings is 1. The smallest absolute Gasteiger partial charge is 0.249 e. The Kier molecular flexibility index (Phi) is 5.68. The minimum Gasteiger partial charge on any atom is -0.494 e. The lowest BCUT2D eigenvalue weighted by molar-refractivity contribution is -0.129. The van der Waals surface area contributed by atoms with Crippen molar-refractivity contribution in [1.82, 2.24) is 5.32 Å². The molecule has 1 aliphatic heterocycles. The molecule has 1 saturated heterocycles. The Morgan fingerprint density at radius 3 is 3.10 bits per heavy atom. The standard InChI is InChI=1S/C15H20ClNO3/c1-2-19-13-6-5-12(16)10-11(13)7-8-17-15(18)14-4-3-9-20-14/h5-6,10,14H,2-4,7-9H2,1H3,(H,17,18). The quantitative estimate of drug-likeness (QED) is 0.878. The summed E-state index contributed by atoms with van der Waals surface area (Å²) in [5.41, 5.74) is 1.01. The van der Waals surface area contributed by atoms with E-state index in [0.717, 1.165) is 24.2 Å². The summed E-state index contributed by atoms with van der Waals surface area (Å²) >= 11 is 6.00. The molecule has 1 N–H and O–H groups in total. The molecule has 5 heteroatoms. The van der Waals surface area contributed by atoms with Crippen molar-refractivity contribution < 1.29 is 14.3 Å². The largest absolute Gasteiger partial charge is 0.494 e. The summed E-state index contributed by atoms with van der Waals surface area (Å²) < 4.78 is 10.9. The Morgan fingerprint density at radius 2 is 2.40 bits per heavy atom. The highest BCUT2D eigenvalue weighted by Gasteiger charge is 2.22. The maximum atomic E-state index is 11.8. The van der Waals surface area contributed by atoms with Gasteiger partial charge in [-0.25, -0.2) is 0 Å². The Bertz CT molecular complexity index is 458. The van der Waals surface area contributed by atoms with Crippen LogP contribution in [0.2, 0.25) is 5.02 Å². The lowest BCUT2D eigenvalue weighted by Crippen LogP contribution is -2.35. The number of hydrogen-bond acceptors (Lipinski definition) is 3. The fraction of sp³-hybridized carbons (Fsp3) is 0.533. The molecule has 0 bridgehead atoms. The molecule has 1 unspecified atom stereocenters. The van der Waals surface area contributed by atoms with Crippen LogP contribution in [0.3, 0.4) is 0 Å². The molecule has 1 aromatic rings. The molecule has 1 aromatic carbocycles. The first-order chi connectivity index (χ1) is 9.70. The van der Waals surface area contributed by atoms with E-state index in [1.54, 1.807) is 6.07 Å². The van der Waals surface area contributed by atoms with Crippen molar-refractivity contribution in [1.29, 1.82) is 0 Å². The van der Waals surface area contributed by atoms with Gasteiger partial charge in [-0.1, -0.05) is 11.6 Å². The van der Waals surface area contributed by atoms with E-state index in [1.165, 1.54) is 0 Å². The predicted molar refractivity (Wildman–Crippen MR) is 78.3 cm³/mol. The van der Waals surface area contributed by atoms with Crippen molar-refractivity contribution in [3.63, 3.8) is 0 Å². The Hall–Kier alpha value is -1.26. The van der Waals surface area contributed by atoms with Crippen LogP contribution in [-0.2, 0) is 16.0 Å². The number of halogens is 1. The molecule has 0 saturated carbocycles. The third-order valence-corrected chi connectivity index (χ3v) is 3.47. The first kappa shape index (κ1) is 15.1. The van der Waals surface area contributed by atoms with E-state index in [-0.39, 0.29) is 12.0 Å². The number of nitrogens with one attached hydrogen (secondary N) is 1. The topological polar surface area (TPSA) is 47.6 Å². The van der Waals surface area contributed by atoms with Crippen LogP contribution in [-0.4, -0.2) is 31.8 Å². The fourth-order valence-corrected chi connectivity index (χ4v) is 2.45. The van der Waals surface area contributed by atoms with Gasteiger partial charge in [0.1, 0.15) is 11.9 Å². The Balaban J connectivity index is 1.86. The zero-order chi connectivity index (χ0) is 14.4. The molecule has 1 amide bonds. The van der Waals surface area contributed by atoms with Gasteiger partial charge in [-0.2, -0.15) is 0 Å². The van der Waals surface area contributed by atoms with E-state index < -0.39 is 0 Å². The second-order valence-corrected chi connectivity index (χ2v) is 5.16. The van der Waals surface area contributed by atoms with E-state index >= 15 is 0 Å². The maximum absolute atomic E-state index is 11.8. The Labute approximate surface area is 124 Å². The van der Waals surface area contributed by atoms with Crippen LogP contribution in [0, 0.1) is 0 Å². The normalized spacial score (nSPS) is 18.0. The number of hydrogen-bond donors (Lipinski definition) is 1. The first-order valence-electron chi connectivity index (χ1n) is 7.01. The van der Waals surface area contributed by atoms with E-state index in [0.29, 0.717) is 31.2 Å². The van der Waals surface area contributed by atoms with Crippen LogP contribution >= 0.6 is 11.6 Å². The van der Waals surface area contributed by atoms with Crippen LogP contribution in [0.1, 0.15) is 25.3 Å². The highest BCUT2D eigenvalue weighted by molar-refractivity contribution is 6.30. The van der Waals surface area contributed by atoms with Crippen molar-refractivity contribution in [2.75, 3.05) is 19.8 Å². The highest BCUT2D eigenvalue weighted by Crippen LogP contribution is 2.23. The van der Waals surface area contributed by atoms with Crippen LogP contribution in [0.5, 0.6) is 5.75 Å². The molecule has 0 radical (unpaired) electrons. The highest BCUT2D eigenvalue weighted by atomic mass is 35.5. The lowest BCUT2D eigenvalue weighted by atomic mass is 10.1. The third kappa shape index (κ3) is 4.12. The molecule has 0 aliphatic carbocycles. The van der Waals surface area contributed by atoms with Crippen LogP contribution in [0.25, 0.3) is 0 Å². The van der Waals surface area contributed by atoms with Gasteiger partial charge in [0.05, 0.1) is 6.61 Å². The fourth-order valence-electron chi connectivity index (χ4n) is 2.26. The van der Waals surface area contributed by atoms with E-state index in [2.05, 4.69) is 5.32 Å². The molecular weight excluding hydrogens is 278 g/mol. The van der Waals surface area contributed by atoms with Gasteiger partial charge in [0, 0.05) is 18.2 Å². The second kappa shape index (κ2) is 7.50. The summed E-state index contributed by atoms with van der Waals surface area (Å²) in [6.07, 6.45) is 2.18. The molecule has 4 nitrogen and oxygen atoms in total. The molecule has 1 atom stereocenters. The first-order valence-corrected chi connectivity index (χ1v) is 7.39. The van der Waals surface area contributed by atoms with Gasteiger partial charge in [0.25, 0.3) is 0 Å². The number of carbonyl (C=O) groups is 1. The number of rotatable bonds is 6. The molecule has 1 aliphatic rings. The summed E-state index contributed by atoms with van der Waals surface area (Å²) in [5.74, 6) is 0.797. The molecule has 0 aromatic heterocycles. The molecule has 1 heterocycles. The van der Waals surface area contributed by atoms with Gasteiger partial charge in [-0.15, -0.1) is 0 Å². The molecule has 1 fully saturated rings. The van der Waals surface area contributed by atoms with E-state index in [1.807, 2.05) is 19.1 Å². The monoisotopic (exact) mass is 297 g/mol. The molecular formula is C15H20ClNO3. The van der Waals surface area contributed by atoms with Crippen LogP contribution in [0.4, 0.5) is 0 Å². The van der Waals surface area contributed by atoms with Crippen molar-refractivity contribution in [2.24, 2.45) is 0 Å². The zero-order valence-corrected chi connectivity index (χ0v) is 12.4. The van der Waals surface area contributed by atoms with Crippen molar-refractivity contribution in [2.45, 2.75) is 32.3 Å². The molecule has 2 rings (SSSR count). The van der Waals surface area contributed by atoms with Gasteiger partial charge in [0.2, 0.25) is 5.91 Å². The van der Waals surface area contributed by atoms with E-state index in [4.69, 9.17) is 21.1 Å².